The molecule has 0 aromatic heterocycles. The Balaban J connectivity index is 2.26. The third-order valence-electron chi connectivity index (χ3n) is 3.36. The van der Waals surface area contributed by atoms with Crippen LogP contribution in [0.4, 0.5) is 20.2 Å². The molecule has 2 rings (SSSR count). The van der Waals surface area contributed by atoms with Gasteiger partial charge in [-0.25, -0.2) is 8.78 Å². The molecule has 0 amide bonds. The van der Waals surface area contributed by atoms with Crippen LogP contribution < -0.4 is 10.2 Å². The zero-order chi connectivity index (χ0) is 15.2. The van der Waals surface area contributed by atoms with Crippen LogP contribution in [0.1, 0.15) is 18.9 Å². The summed E-state index contributed by atoms with van der Waals surface area (Å²) in [5.74, 6) is -0.518. The minimum Gasteiger partial charge on any atom is -0.344 e. The summed E-state index contributed by atoms with van der Waals surface area (Å²) in [5, 5.41) is 3.28. The first-order valence-electron chi connectivity index (χ1n) is 7.10. The summed E-state index contributed by atoms with van der Waals surface area (Å²) >= 11 is 0. The number of hydrogen-bond donors (Lipinski definition) is 1. The number of nitrogens with one attached hydrogen (secondary N) is 1. The van der Waals surface area contributed by atoms with Gasteiger partial charge in [0, 0.05) is 25.0 Å². The number of hydrogen-bond acceptors (Lipinski definition) is 2. The molecule has 4 heteroatoms. The van der Waals surface area contributed by atoms with Gasteiger partial charge in [0.15, 0.2) is 0 Å². The molecule has 0 unspecified atom stereocenters. The van der Waals surface area contributed by atoms with Crippen LogP contribution in [-0.2, 0) is 6.54 Å². The molecule has 2 aromatic rings. The second-order valence-electron chi connectivity index (χ2n) is 4.99. The average Bonchev–Trinajstić information content (AvgIpc) is 2.48. The monoisotopic (exact) mass is 290 g/mol. The molecular weight excluding hydrogens is 270 g/mol. The maximum absolute atomic E-state index is 13.5. The lowest BCUT2D eigenvalue weighted by Crippen LogP contribution is -2.18. The van der Waals surface area contributed by atoms with Crippen molar-refractivity contribution in [2.24, 2.45) is 0 Å². The first-order chi connectivity index (χ1) is 10.1. The average molecular weight is 290 g/mol. The van der Waals surface area contributed by atoms with Crippen LogP contribution in [0.5, 0.6) is 0 Å². The lowest BCUT2D eigenvalue weighted by Gasteiger charge is -2.23. The molecule has 0 radical (unpaired) electrons. The first-order valence-corrected chi connectivity index (χ1v) is 7.10. The minimum absolute atomic E-state index is 0.250. The van der Waals surface area contributed by atoms with E-state index in [9.17, 15) is 8.78 Å². The Morgan fingerprint density at radius 2 is 1.67 bits per heavy atom. The Labute approximate surface area is 124 Å². The largest absolute Gasteiger partial charge is 0.344 e. The van der Waals surface area contributed by atoms with E-state index < -0.39 is 0 Å². The maximum Gasteiger partial charge on any atom is 0.123 e. The predicted octanol–water partition coefficient (Wildman–Crippen LogP) is 4.23. The minimum atomic E-state index is -0.268. The van der Waals surface area contributed by atoms with Gasteiger partial charge in [0.25, 0.3) is 0 Å². The highest BCUT2D eigenvalue weighted by atomic mass is 19.1. The summed E-state index contributed by atoms with van der Waals surface area (Å²) < 4.78 is 26.5. The molecule has 0 saturated heterocycles. The van der Waals surface area contributed by atoms with Gasteiger partial charge in [-0.1, -0.05) is 6.92 Å². The third kappa shape index (κ3) is 4.02. The van der Waals surface area contributed by atoms with E-state index in [1.165, 1.54) is 24.3 Å². The van der Waals surface area contributed by atoms with Gasteiger partial charge < -0.3 is 10.2 Å². The molecule has 0 spiro atoms. The van der Waals surface area contributed by atoms with Gasteiger partial charge >= 0.3 is 0 Å². The number of anilines is 2. The van der Waals surface area contributed by atoms with E-state index in [-0.39, 0.29) is 11.6 Å². The zero-order valence-corrected chi connectivity index (χ0v) is 12.4. The number of benzene rings is 2. The predicted molar refractivity (Wildman–Crippen MR) is 82.9 cm³/mol. The van der Waals surface area contributed by atoms with Crippen molar-refractivity contribution in [3.8, 4) is 0 Å². The van der Waals surface area contributed by atoms with Crippen molar-refractivity contribution in [2.75, 3.05) is 18.5 Å². The second kappa shape index (κ2) is 7.18. The molecule has 21 heavy (non-hydrogen) atoms. The fraction of sp³-hybridized carbons (Fsp3) is 0.294. The van der Waals surface area contributed by atoms with Crippen molar-refractivity contribution < 1.29 is 8.78 Å². The van der Waals surface area contributed by atoms with Crippen LogP contribution in [-0.4, -0.2) is 13.6 Å². The van der Waals surface area contributed by atoms with Gasteiger partial charge in [0.2, 0.25) is 0 Å². The van der Waals surface area contributed by atoms with Gasteiger partial charge in [-0.3, -0.25) is 0 Å². The van der Waals surface area contributed by atoms with E-state index in [1.54, 1.807) is 18.2 Å². The van der Waals surface area contributed by atoms with Crippen molar-refractivity contribution in [3.05, 3.63) is 59.7 Å². The lowest BCUT2D eigenvalue weighted by atomic mass is 10.1. The first kappa shape index (κ1) is 15.4. The van der Waals surface area contributed by atoms with Crippen LogP contribution in [0.2, 0.25) is 0 Å². The van der Waals surface area contributed by atoms with Gasteiger partial charge in [-0.15, -0.1) is 0 Å². The highest BCUT2D eigenvalue weighted by molar-refractivity contribution is 5.65. The molecule has 0 saturated carbocycles. The van der Waals surface area contributed by atoms with Crippen molar-refractivity contribution in [2.45, 2.75) is 19.9 Å². The summed E-state index contributed by atoms with van der Waals surface area (Å²) in [6.07, 6.45) is 1.03. The topological polar surface area (TPSA) is 15.3 Å². The fourth-order valence-electron chi connectivity index (χ4n) is 2.23. The molecule has 0 heterocycles. The van der Waals surface area contributed by atoms with Crippen molar-refractivity contribution >= 4 is 11.4 Å². The molecule has 1 N–H and O–H groups in total. The normalized spacial score (nSPS) is 10.7. The van der Waals surface area contributed by atoms with E-state index in [0.717, 1.165) is 29.9 Å². The fourth-order valence-corrected chi connectivity index (χ4v) is 2.23. The molecule has 0 aliphatic heterocycles. The number of halogens is 2. The van der Waals surface area contributed by atoms with E-state index in [1.807, 2.05) is 11.9 Å². The SMILES string of the molecule is CCCNCc1cc(F)ccc1N(C)c1ccc(F)cc1. The van der Waals surface area contributed by atoms with Crippen molar-refractivity contribution in [3.63, 3.8) is 0 Å². The van der Waals surface area contributed by atoms with Gasteiger partial charge in [-0.05, 0) is 61.0 Å². The second-order valence-corrected chi connectivity index (χ2v) is 4.99. The van der Waals surface area contributed by atoms with E-state index in [2.05, 4.69) is 12.2 Å². The highest BCUT2D eigenvalue weighted by Crippen LogP contribution is 2.27. The molecule has 112 valence electrons. The Hall–Kier alpha value is -1.94. The van der Waals surface area contributed by atoms with Crippen LogP contribution in [0.15, 0.2) is 42.5 Å². The van der Waals surface area contributed by atoms with Crippen LogP contribution in [0, 0.1) is 11.6 Å². The quantitative estimate of drug-likeness (QED) is 0.801. The van der Waals surface area contributed by atoms with Gasteiger partial charge in [0.05, 0.1) is 0 Å². The van der Waals surface area contributed by atoms with Crippen LogP contribution in [0.25, 0.3) is 0 Å². The molecule has 0 fully saturated rings. The van der Waals surface area contributed by atoms with Gasteiger partial charge in [-0.2, -0.15) is 0 Å². The molecular formula is C17H20F2N2. The van der Waals surface area contributed by atoms with Crippen molar-refractivity contribution in [1.82, 2.24) is 5.32 Å². The standard InChI is InChI=1S/C17H20F2N2/c1-3-10-20-12-13-11-15(19)6-9-17(13)21(2)16-7-4-14(18)5-8-16/h4-9,11,20H,3,10,12H2,1-2H3. The molecule has 0 bridgehead atoms. The highest BCUT2D eigenvalue weighted by Gasteiger charge is 2.10. The number of nitrogens with zero attached hydrogens (tertiary/aromatic N) is 1. The van der Waals surface area contributed by atoms with Crippen LogP contribution in [0.3, 0.4) is 0 Å². The Kier molecular flexibility index (Phi) is 5.28. The summed E-state index contributed by atoms with van der Waals surface area (Å²) in [4.78, 5) is 1.93. The molecule has 0 aliphatic carbocycles. The number of rotatable bonds is 6. The van der Waals surface area contributed by atoms with Crippen LogP contribution >= 0.6 is 0 Å². The van der Waals surface area contributed by atoms with Gasteiger partial charge in [0.1, 0.15) is 11.6 Å². The molecule has 0 aliphatic rings. The summed E-state index contributed by atoms with van der Waals surface area (Å²) in [5.41, 5.74) is 2.65. The summed E-state index contributed by atoms with van der Waals surface area (Å²) in [6, 6.07) is 11.0. The lowest BCUT2D eigenvalue weighted by molar-refractivity contribution is 0.619. The summed E-state index contributed by atoms with van der Waals surface area (Å²) in [6.45, 7) is 3.58. The Morgan fingerprint density at radius 3 is 2.33 bits per heavy atom. The Morgan fingerprint density at radius 1 is 1.00 bits per heavy atom. The van der Waals surface area contributed by atoms with E-state index in [4.69, 9.17) is 0 Å². The third-order valence-corrected chi connectivity index (χ3v) is 3.36. The zero-order valence-electron chi connectivity index (χ0n) is 12.4. The molecule has 2 aromatic carbocycles. The Bertz CT molecular complexity index is 582. The molecule has 0 atom stereocenters. The smallest absolute Gasteiger partial charge is 0.123 e. The maximum atomic E-state index is 13.5. The van der Waals surface area contributed by atoms with E-state index in [0.29, 0.717) is 6.54 Å². The van der Waals surface area contributed by atoms with E-state index >= 15 is 0 Å². The molecule has 2 nitrogen and oxygen atoms in total. The van der Waals surface area contributed by atoms with Crippen molar-refractivity contribution in [1.29, 1.82) is 0 Å². The summed E-state index contributed by atoms with van der Waals surface area (Å²) in [7, 11) is 1.89.